The molecular formula is C10H12Cl2O. The normalized spacial score (nSPS) is 12.5. The van der Waals surface area contributed by atoms with E-state index < -0.39 is 0 Å². The molecule has 0 heterocycles. The molecule has 72 valence electrons. The summed E-state index contributed by atoms with van der Waals surface area (Å²) in [4.78, 5) is 0. The highest BCUT2D eigenvalue weighted by atomic mass is 35.5. The minimum Gasteiger partial charge on any atom is -0.475 e. The molecule has 13 heavy (non-hydrogen) atoms. The molecule has 1 aromatic rings. The number of hydrogen-bond donors (Lipinski definition) is 0. The molecule has 1 atom stereocenters. The van der Waals surface area contributed by atoms with Crippen LogP contribution in [0.15, 0.2) is 30.3 Å². The van der Waals surface area contributed by atoms with Gasteiger partial charge in [-0.15, -0.1) is 11.6 Å². The molecule has 0 N–H and O–H groups in total. The molecule has 0 saturated carbocycles. The van der Waals surface area contributed by atoms with Crippen LogP contribution >= 0.6 is 23.2 Å². The van der Waals surface area contributed by atoms with Gasteiger partial charge in [-0.05, 0) is 25.0 Å². The third kappa shape index (κ3) is 4.39. The highest BCUT2D eigenvalue weighted by Gasteiger charge is 2.04. The Kier molecular flexibility index (Phi) is 5.02. The molecule has 1 rings (SSSR count). The fourth-order valence-electron chi connectivity index (χ4n) is 0.943. The summed E-state index contributed by atoms with van der Waals surface area (Å²) in [6.07, 6.45) is 1.66. The Hall–Kier alpha value is -0.400. The number of alkyl halides is 2. The van der Waals surface area contributed by atoms with E-state index in [9.17, 15) is 0 Å². The van der Waals surface area contributed by atoms with E-state index in [1.807, 2.05) is 30.3 Å². The quantitative estimate of drug-likeness (QED) is 0.687. The molecule has 1 unspecified atom stereocenters. The van der Waals surface area contributed by atoms with Gasteiger partial charge in [-0.1, -0.05) is 29.8 Å². The summed E-state index contributed by atoms with van der Waals surface area (Å²) < 4.78 is 5.42. The molecule has 0 fully saturated rings. The van der Waals surface area contributed by atoms with E-state index in [4.69, 9.17) is 27.9 Å². The molecule has 1 nitrogen and oxygen atoms in total. The summed E-state index contributed by atoms with van der Waals surface area (Å²) in [7, 11) is 0. The van der Waals surface area contributed by atoms with Crippen LogP contribution in [-0.4, -0.2) is 11.4 Å². The molecule has 0 amide bonds. The zero-order valence-electron chi connectivity index (χ0n) is 7.25. The summed E-state index contributed by atoms with van der Waals surface area (Å²) in [5.41, 5.74) is -0.277. The average Bonchev–Trinajstić information content (AvgIpc) is 2.16. The van der Waals surface area contributed by atoms with Crippen molar-refractivity contribution in [3.63, 3.8) is 0 Å². The van der Waals surface area contributed by atoms with Crippen molar-refractivity contribution >= 4 is 23.2 Å². The van der Waals surface area contributed by atoms with Crippen LogP contribution in [0.5, 0.6) is 5.75 Å². The van der Waals surface area contributed by atoms with Crippen molar-refractivity contribution in [2.75, 3.05) is 5.88 Å². The Morgan fingerprint density at radius 1 is 1.23 bits per heavy atom. The van der Waals surface area contributed by atoms with Crippen molar-refractivity contribution in [3.8, 4) is 5.75 Å². The molecule has 3 heteroatoms. The predicted molar refractivity (Wildman–Crippen MR) is 56.7 cm³/mol. The molecule has 0 radical (unpaired) electrons. The summed E-state index contributed by atoms with van der Waals surface area (Å²) >= 11 is 11.4. The minimum absolute atomic E-state index is 0.277. The highest BCUT2D eigenvalue weighted by Crippen LogP contribution is 2.15. The van der Waals surface area contributed by atoms with E-state index in [1.54, 1.807) is 0 Å². The maximum atomic E-state index is 5.91. The fraction of sp³-hybridized carbons (Fsp3) is 0.400. The number of rotatable bonds is 5. The third-order valence-electron chi connectivity index (χ3n) is 1.57. The average molecular weight is 219 g/mol. The monoisotopic (exact) mass is 218 g/mol. The van der Waals surface area contributed by atoms with Gasteiger partial charge < -0.3 is 4.74 Å². The summed E-state index contributed by atoms with van der Waals surface area (Å²) in [5, 5.41) is 0. The number of para-hydroxylation sites is 1. The van der Waals surface area contributed by atoms with Gasteiger partial charge in [0.2, 0.25) is 0 Å². The highest BCUT2D eigenvalue weighted by molar-refractivity contribution is 6.20. The Morgan fingerprint density at radius 2 is 1.92 bits per heavy atom. The van der Waals surface area contributed by atoms with Crippen LogP contribution < -0.4 is 4.74 Å². The molecule has 1 aromatic carbocycles. The third-order valence-corrected chi connectivity index (χ3v) is 2.15. The van der Waals surface area contributed by atoms with Gasteiger partial charge in [0.1, 0.15) is 5.75 Å². The molecule has 0 aliphatic heterocycles. The molecule has 0 aliphatic carbocycles. The van der Waals surface area contributed by atoms with Gasteiger partial charge >= 0.3 is 0 Å². The Balaban J connectivity index is 2.32. The Labute approximate surface area is 88.6 Å². The Bertz CT molecular complexity index is 226. The number of benzene rings is 1. The van der Waals surface area contributed by atoms with E-state index in [-0.39, 0.29) is 5.56 Å². The first-order valence-electron chi connectivity index (χ1n) is 4.24. The van der Waals surface area contributed by atoms with Crippen molar-refractivity contribution in [2.45, 2.75) is 18.4 Å². The molecular weight excluding hydrogens is 207 g/mol. The van der Waals surface area contributed by atoms with E-state index in [1.165, 1.54) is 0 Å². The Morgan fingerprint density at radius 3 is 2.54 bits per heavy atom. The van der Waals surface area contributed by atoms with Crippen molar-refractivity contribution in [2.24, 2.45) is 0 Å². The predicted octanol–water partition coefficient (Wildman–Crippen LogP) is 3.65. The summed E-state index contributed by atoms with van der Waals surface area (Å²) in [5.74, 6) is 1.43. The van der Waals surface area contributed by atoms with Gasteiger partial charge in [0.25, 0.3) is 0 Å². The van der Waals surface area contributed by atoms with Crippen molar-refractivity contribution in [1.82, 2.24) is 0 Å². The molecule has 0 aliphatic rings. The van der Waals surface area contributed by atoms with Crippen LogP contribution in [-0.2, 0) is 0 Å². The zero-order valence-corrected chi connectivity index (χ0v) is 8.76. The lowest BCUT2D eigenvalue weighted by Gasteiger charge is -2.11. The van der Waals surface area contributed by atoms with Crippen molar-refractivity contribution < 1.29 is 4.74 Å². The van der Waals surface area contributed by atoms with Gasteiger partial charge in [0.05, 0.1) is 0 Å². The van der Waals surface area contributed by atoms with Crippen LogP contribution in [0.1, 0.15) is 12.8 Å². The molecule has 0 aromatic heterocycles. The van der Waals surface area contributed by atoms with Crippen LogP contribution in [0, 0.1) is 0 Å². The largest absolute Gasteiger partial charge is 0.475 e. The first-order chi connectivity index (χ1) is 6.33. The van der Waals surface area contributed by atoms with Crippen LogP contribution in [0.25, 0.3) is 0 Å². The van der Waals surface area contributed by atoms with Crippen LogP contribution in [0.3, 0.4) is 0 Å². The SMILES string of the molecule is ClCCCC(Cl)Oc1ccccc1. The lowest BCUT2D eigenvalue weighted by molar-refractivity contribution is 0.269. The topological polar surface area (TPSA) is 9.23 Å². The lowest BCUT2D eigenvalue weighted by atomic mass is 10.3. The van der Waals surface area contributed by atoms with Crippen LogP contribution in [0.4, 0.5) is 0 Å². The second kappa shape index (κ2) is 6.11. The van der Waals surface area contributed by atoms with Crippen LogP contribution in [0.2, 0.25) is 0 Å². The van der Waals surface area contributed by atoms with Gasteiger partial charge in [0, 0.05) is 5.88 Å². The number of ether oxygens (including phenoxy) is 1. The second-order valence-corrected chi connectivity index (χ2v) is 3.54. The second-order valence-electron chi connectivity index (χ2n) is 2.67. The van der Waals surface area contributed by atoms with Gasteiger partial charge in [0.15, 0.2) is 5.56 Å². The first-order valence-corrected chi connectivity index (χ1v) is 5.22. The van der Waals surface area contributed by atoms with Gasteiger partial charge in [-0.2, -0.15) is 0 Å². The maximum absolute atomic E-state index is 5.91. The first kappa shape index (κ1) is 10.7. The standard InChI is InChI=1S/C10H12Cl2O/c11-8-4-7-10(12)13-9-5-2-1-3-6-9/h1-3,5-6,10H,4,7-8H2. The van der Waals surface area contributed by atoms with Gasteiger partial charge in [-0.3, -0.25) is 0 Å². The van der Waals surface area contributed by atoms with E-state index in [0.717, 1.165) is 18.6 Å². The van der Waals surface area contributed by atoms with E-state index >= 15 is 0 Å². The zero-order chi connectivity index (χ0) is 9.52. The number of hydrogen-bond acceptors (Lipinski definition) is 1. The number of halogens is 2. The van der Waals surface area contributed by atoms with E-state index in [0.29, 0.717) is 5.88 Å². The molecule has 0 bridgehead atoms. The van der Waals surface area contributed by atoms with Crippen molar-refractivity contribution in [3.05, 3.63) is 30.3 Å². The molecule has 0 spiro atoms. The minimum atomic E-state index is -0.277. The fourth-order valence-corrected chi connectivity index (χ4v) is 1.35. The smallest absolute Gasteiger partial charge is 0.172 e. The molecule has 0 saturated heterocycles. The van der Waals surface area contributed by atoms with Crippen molar-refractivity contribution in [1.29, 1.82) is 0 Å². The van der Waals surface area contributed by atoms with Gasteiger partial charge in [-0.25, -0.2) is 0 Å². The lowest BCUT2D eigenvalue weighted by Crippen LogP contribution is -2.08. The van der Waals surface area contributed by atoms with E-state index in [2.05, 4.69) is 0 Å². The summed E-state index contributed by atoms with van der Waals surface area (Å²) in [6, 6.07) is 9.54. The maximum Gasteiger partial charge on any atom is 0.172 e. The summed E-state index contributed by atoms with van der Waals surface area (Å²) in [6.45, 7) is 0.